The Labute approximate surface area is 176 Å². The van der Waals surface area contributed by atoms with Crippen LogP contribution in [0.1, 0.15) is 40.2 Å². The Morgan fingerprint density at radius 1 is 1.03 bits per heavy atom. The molecule has 0 amide bonds. The van der Waals surface area contributed by atoms with Crippen LogP contribution in [0, 0.1) is 11.3 Å². The van der Waals surface area contributed by atoms with Crippen molar-refractivity contribution in [2.24, 2.45) is 0 Å². The summed E-state index contributed by atoms with van der Waals surface area (Å²) in [7, 11) is 4.66. The number of ether oxygens (including phenoxy) is 3. The second kappa shape index (κ2) is 9.23. The Bertz CT molecular complexity index is 892. The van der Waals surface area contributed by atoms with Crippen LogP contribution in [0.4, 0.5) is 5.82 Å². The minimum atomic E-state index is -0.272. The van der Waals surface area contributed by atoms with Crippen molar-refractivity contribution in [1.82, 2.24) is 9.97 Å². The minimum Gasteiger partial charge on any atom is -0.493 e. The van der Waals surface area contributed by atoms with Gasteiger partial charge in [0.15, 0.2) is 16.7 Å². The van der Waals surface area contributed by atoms with Gasteiger partial charge in [-0.15, -0.1) is 0 Å². The highest BCUT2D eigenvalue weighted by atomic mass is 32.2. The van der Waals surface area contributed by atoms with Gasteiger partial charge in [0.2, 0.25) is 5.75 Å². The molecule has 1 aromatic heterocycles. The first kappa shape index (κ1) is 22.6. The molecule has 8 heteroatoms. The summed E-state index contributed by atoms with van der Waals surface area (Å²) in [5.74, 6) is 1.97. The number of aromatic nitrogens is 2. The SMILES string of the molecule is COc1cc(-c2nc(SC(C)C)nc(NC(C)(C)C)c2C#N)cc(OC)c1OC. The van der Waals surface area contributed by atoms with Crippen LogP contribution in [0.5, 0.6) is 17.2 Å². The van der Waals surface area contributed by atoms with E-state index in [1.807, 2.05) is 20.8 Å². The lowest BCUT2D eigenvalue weighted by Crippen LogP contribution is -2.27. The number of nitrogens with one attached hydrogen (secondary N) is 1. The number of hydrogen-bond donors (Lipinski definition) is 1. The molecule has 1 N–H and O–H groups in total. The molecule has 0 bridgehead atoms. The third kappa shape index (κ3) is 5.45. The summed E-state index contributed by atoms with van der Waals surface area (Å²) in [4.78, 5) is 9.29. The van der Waals surface area contributed by atoms with E-state index in [-0.39, 0.29) is 5.54 Å². The average Bonchev–Trinajstić information content (AvgIpc) is 2.64. The molecule has 2 aromatic rings. The molecule has 29 heavy (non-hydrogen) atoms. The van der Waals surface area contributed by atoms with E-state index >= 15 is 0 Å². The number of benzene rings is 1. The van der Waals surface area contributed by atoms with Crippen molar-refractivity contribution in [3.63, 3.8) is 0 Å². The molecule has 0 aliphatic heterocycles. The van der Waals surface area contributed by atoms with Gasteiger partial charge in [-0.2, -0.15) is 5.26 Å². The number of hydrogen-bond acceptors (Lipinski definition) is 8. The molecule has 0 fully saturated rings. The van der Waals surface area contributed by atoms with E-state index in [0.717, 1.165) is 0 Å². The Morgan fingerprint density at radius 3 is 2.03 bits per heavy atom. The van der Waals surface area contributed by atoms with Gasteiger partial charge in [-0.05, 0) is 32.9 Å². The monoisotopic (exact) mass is 416 g/mol. The molecule has 0 aliphatic carbocycles. The van der Waals surface area contributed by atoms with Crippen molar-refractivity contribution >= 4 is 17.6 Å². The number of nitriles is 1. The van der Waals surface area contributed by atoms with E-state index in [1.54, 1.807) is 33.5 Å². The van der Waals surface area contributed by atoms with Gasteiger partial charge in [-0.25, -0.2) is 9.97 Å². The zero-order valence-corrected chi connectivity index (χ0v) is 19.0. The third-order valence-corrected chi connectivity index (χ3v) is 4.64. The zero-order chi connectivity index (χ0) is 21.8. The van der Waals surface area contributed by atoms with Crippen molar-refractivity contribution in [2.45, 2.75) is 50.6 Å². The first-order valence-corrected chi connectivity index (χ1v) is 10.1. The van der Waals surface area contributed by atoms with Crippen molar-refractivity contribution < 1.29 is 14.2 Å². The van der Waals surface area contributed by atoms with Crippen molar-refractivity contribution in [1.29, 1.82) is 5.26 Å². The second-order valence-electron chi connectivity index (χ2n) is 7.65. The number of methoxy groups -OCH3 is 3. The number of nitrogens with zero attached hydrogens (tertiary/aromatic N) is 3. The summed E-state index contributed by atoms with van der Waals surface area (Å²) in [5, 5.41) is 14.1. The van der Waals surface area contributed by atoms with Gasteiger partial charge in [0.25, 0.3) is 0 Å². The third-order valence-electron chi connectivity index (χ3n) is 3.77. The molecule has 1 heterocycles. The maximum atomic E-state index is 9.92. The van der Waals surface area contributed by atoms with E-state index in [4.69, 9.17) is 14.2 Å². The summed E-state index contributed by atoms with van der Waals surface area (Å²) in [6.45, 7) is 10.2. The van der Waals surface area contributed by atoms with Crippen LogP contribution < -0.4 is 19.5 Å². The fourth-order valence-corrected chi connectivity index (χ4v) is 3.39. The van der Waals surface area contributed by atoms with Gasteiger partial charge in [0.1, 0.15) is 17.5 Å². The van der Waals surface area contributed by atoms with Crippen LogP contribution in [-0.2, 0) is 0 Å². The Morgan fingerprint density at radius 2 is 1.62 bits per heavy atom. The van der Waals surface area contributed by atoms with E-state index < -0.39 is 0 Å². The predicted octanol–water partition coefficient (Wildman–Crippen LogP) is 4.75. The number of anilines is 1. The van der Waals surface area contributed by atoms with Crippen molar-refractivity contribution in [3.05, 3.63) is 17.7 Å². The fourth-order valence-electron chi connectivity index (χ4n) is 2.68. The van der Waals surface area contributed by atoms with E-state index in [9.17, 15) is 5.26 Å². The normalized spacial score (nSPS) is 11.2. The lowest BCUT2D eigenvalue weighted by molar-refractivity contribution is 0.324. The first-order chi connectivity index (χ1) is 13.6. The van der Waals surface area contributed by atoms with Gasteiger partial charge in [0.05, 0.1) is 27.0 Å². The van der Waals surface area contributed by atoms with Crippen LogP contribution in [-0.4, -0.2) is 42.1 Å². The number of rotatable bonds is 7. The number of thioether (sulfide) groups is 1. The van der Waals surface area contributed by atoms with Gasteiger partial charge in [-0.1, -0.05) is 25.6 Å². The highest BCUT2D eigenvalue weighted by Gasteiger charge is 2.23. The summed E-state index contributed by atoms with van der Waals surface area (Å²) in [6.07, 6.45) is 0. The quantitative estimate of drug-likeness (QED) is 0.511. The van der Waals surface area contributed by atoms with Gasteiger partial charge in [-0.3, -0.25) is 0 Å². The van der Waals surface area contributed by atoms with E-state index in [1.165, 1.54) is 11.8 Å². The smallest absolute Gasteiger partial charge is 0.203 e. The summed E-state index contributed by atoms with van der Waals surface area (Å²) < 4.78 is 16.3. The summed E-state index contributed by atoms with van der Waals surface area (Å²) in [5.41, 5.74) is 1.28. The summed E-state index contributed by atoms with van der Waals surface area (Å²) in [6, 6.07) is 5.83. The Kier molecular flexibility index (Phi) is 7.20. The largest absolute Gasteiger partial charge is 0.493 e. The fraction of sp³-hybridized carbons (Fsp3) is 0.476. The van der Waals surface area contributed by atoms with Gasteiger partial charge < -0.3 is 19.5 Å². The predicted molar refractivity (Wildman–Crippen MR) is 116 cm³/mol. The maximum Gasteiger partial charge on any atom is 0.203 e. The van der Waals surface area contributed by atoms with Crippen LogP contribution in [0.2, 0.25) is 0 Å². The van der Waals surface area contributed by atoms with Crippen molar-refractivity contribution in [2.75, 3.05) is 26.6 Å². The van der Waals surface area contributed by atoms with Crippen LogP contribution in [0.25, 0.3) is 11.3 Å². The molecule has 0 atom stereocenters. The molecule has 156 valence electrons. The molecule has 0 spiro atoms. The van der Waals surface area contributed by atoms with Crippen LogP contribution >= 0.6 is 11.8 Å². The summed E-state index contributed by atoms with van der Waals surface area (Å²) >= 11 is 1.54. The van der Waals surface area contributed by atoms with Crippen LogP contribution in [0.15, 0.2) is 17.3 Å². The lowest BCUT2D eigenvalue weighted by atomic mass is 10.0. The molecule has 0 aliphatic rings. The van der Waals surface area contributed by atoms with Gasteiger partial charge >= 0.3 is 0 Å². The standard InChI is InChI=1S/C21H28N4O3S/c1-12(2)29-20-23-17(14(11-22)19(24-20)25-21(3,4)5)13-9-15(26-6)18(28-8)16(10-13)27-7/h9-10,12H,1-8H3,(H,23,24,25). The molecular formula is C21H28N4O3S. The highest BCUT2D eigenvalue weighted by molar-refractivity contribution is 7.99. The second-order valence-corrected chi connectivity index (χ2v) is 9.19. The molecule has 0 unspecified atom stereocenters. The first-order valence-electron chi connectivity index (χ1n) is 9.20. The van der Waals surface area contributed by atoms with E-state index in [2.05, 4.69) is 35.2 Å². The zero-order valence-electron chi connectivity index (χ0n) is 18.2. The molecule has 1 aromatic carbocycles. The topological polar surface area (TPSA) is 89.3 Å². The minimum absolute atomic E-state index is 0.272. The molecule has 0 radical (unpaired) electrons. The highest BCUT2D eigenvalue weighted by Crippen LogP contribution is 2.42. The molecule has 0 saturated heterocycles. The molecule has 2 rings (SSSR count). The maximum absolute atomic E-state index is 9.92. The Balaban J connectivity index is 2.79. The molecule has 7 nitrogen and oxygen atoms in total. The average molecular weight is 417 g/mol. The molecule has 0 saturated carbocycles. The molecular weight excluding hydrogens is 388 g/mol. The van der Waals surface area contributed by atoms with Crippen molar-refractivity contribution in [3.8, 4) is 34.6 Å². The van der Waals surface area contributed by atoms with Gasteiger partial charge in [0, 0.05) is 16.4 Å². The Hall–Kier alpha value is -2.66. The lowest BCUT2D eigenvalue weighted by Gasteiger charge is -2.23. The van der Waals surface area contributed by atoms with Crippen LogP contribution in [0.3, 0.4) is 0 Å². The van der Waals surface area contributed by atoms with E-state index in [0.29, 0.717) is 50.3 Å².